The van der Waals surface area contributed by atoms with E-state index in [0.29, 0.717) is 13.2 Å². The first-order valence-corrected chi connectivity index (χ1v) is 7.00. The zero-order chi connectivity index (χ0) is 15.8. The summed E-state index contributed by atoms with van der Waals surface area (Å²) in [6.45, 7) is 1.13. The van der Waals surface area contributed by atoms with Gasteiger partial charge in [0.25, 0.3) is 0 Å². The van der Waals surface area contributed by atoms with Gasteiger partial charge in [-0.1, -0.05) is 12.1 Å². The monoisotopic (exact) mass is 303 g/mol. The molecule has 0 bridgehead atoms. The predicted molar refractivity (Wildman–Crippen MR) is 86.5 cm³/mol. The molecule has 0 radical (unpaired) electrons. The molecule has 0 atom stereocenters. The molecule has 2 aromatic rings. The summed E-state index contributed by atoms with van der Waals surface area (Å²) in [5, 5.41) is 3.28. The van der Waals surface area contributed by atoms with Gasteiger partial charge in [0.1, 0.15) is 18.1 Å². The number of para-hydroxylation sites is 2. The van der Waals surface area contributed by atoms with Gasteiger partial charge in [0, 0.05) is 12.6 Å². The molecular formula is C17H21NO4. The normalized spacial score (nSPS) is 9.95. The lowest BCUT2D eigenvalue weighted by atomic mass is 10.2. The van der Waals surface area contributed by atoms with Crippen molar-refractivity contribution in [1.29, 1.82) is 0 Å². The van der Waals surface area contributed by atoms with E-state index in [4.69, 9.17) is 18.9 Å². The quantitative estimate of drug-likeness (QED) is 0.759. The largest absolute Gasteiger partial charge is 0.497 e. The Bertz CT molecular complexity index is 601. The Kier molecular flexibility index (Phi) is 5.77. The maximum Gasteiger partial charge on any atom is 0.161 e. The van der Waals surface area contributed by atoms with Gasteiger partial charge in [-0.25, -0.2) is 0 Å². The van der Waals surface area contributed by atoms with Gasteiger partial charge >= 0.3 is 0 Å². The summed E-state index contributed by atoms with van der Waals surface area (Å²) in [6.07, 6.45) is 0. The zero-order valence-corrected chi connectivity index (χ0v) is 13.1. The number of nitrogens with one attached hydrogen (secondary N) is 1. The van der Waals surface area contributed by atoms with Crippen LogP contribution in [-0.2, 0) is 0 Å². The second kappa shape index (κ2) is 8.02. The molecule has 0 saturated heterocycles. The number of benzene rings is 2. The van der Waals surface area contributed by atoms with Crippen LogP contribution in [0.15, 0.2) is 42.5 Å². The lowest BCUT2D eigenvalue weighted by molar-refractivity contribution is 0.305. The molecule has 5 heteroatoms. The summed E-state index contributed by atoms with van der Waals surface area (Å²) in [6, 6.07) is 13.2. The van der Waals surface area contributed by atoms with Gasteiger partial charge in [-0.05, 0) is 24.3 Å². The molecule has 0 amide bonds. The van der Waals surface area contributed by atoms with E-state index in [1.807, 2.05) is 42.5 Å². The Balaban J connectivity index is 1.91. The molecule has 0 heterocycles. The average Bonchev–Trinajstić information content (AvgIpc) is 2.58. The fraction of sp³-hybridized carbons (Fsp3) is 0.294. The van der Waals surface area contributed by atoms with E-state index in [2.05, 4.69) is 5.32 Å². The van der Waals surface area contributed by atoms with E-state index in [1.54, 1.807) is 21.3 Å². The van der Waals surface area contributed by atoms with Gasteiger partial charge < -0.3 is 24.3 Å². The Morgan fingerprint density at radius 3 is 2.23 bits per heavy atom. The highest BCUT2D eigenvalue weighted by Gasteiger charge is 2.05. The first-order valence-electron chi connectivity index (χ1n) is 7.00. The first kappa shape index (κ1) is 15.8. The molecule has 0 unspecified atom stereocenters. The van der Waals surface area contributed by atoms with Crippen LogP contribution in [0.3, 0.4) is 0 Å². The summed E-state index contributed by atoms with van der Waals surface area (Å²) in [5.41, 5.74) is 0.866. The molecule has 5 nitrogen and oxygen atoms in total. The Morgan fingerprint density at radius 1 is 0.818 bits per heavy atom. The van der Waals surface area contributed by atoms with E-state index in [9.17, 15) is 0 Å². The smallest absolute Gasteiger partial charge is 0.161 e. The fourth-order valence-electron chi connectivity index (χ4n) is 2.04. The lowest BCUT2D eigenvalue weighted by Gasteiger charge is -2.14. The van der Waals surface area contributed by atoms with Crippen LogP contribution >= 0.6 is 0 Å². The maximum atomic E-state index is 5.72. The standard InChI is InChI=1S/C17H21NO4/c1-19-13-8-9-15(20-2)14(12-13)18-10-11-22-17-7-5-4-6-16(17)21-3/h4-9,12,18H,10-11H2,1-3H3. The zero-order valence-electron chi connectivity index (χ0n) is 13.1. The highest BCUT2D eigenvalue weighted by atomic mass is 16.5. The van der Waals surface area contributed by atoms with Crippen molar-refractivity contribution in [2.75, 3.05) is 39.8 Å². The topological polar surface area (TPSA) is 49.0 Å². The summed E-state index contributed by atoms with van der Waals surface area (Å²) in [5.74, 6) is 2.98. The van der Waals surface area contributed by atoms with Crippen LogP contribution in [0, 0.1) is 0 Å². The molecule has 0 spiro atoms. The minimum absolute atomic E-state index is 0.501. The van der Waals surface area contributed by atoms with Crippen LogP contribution in [0.25, 0.3) is 0 Å². The van der Waals surface area contributed by atoms with Crippen molar-refractivity contribution in [3.05, 3.63) is 42.5 Å². The van der Waals surface area contributed by atoms with Crippen LogP contribution < -0.4 is 24.3 Å². The first-order chi connectivity index (χ1) is 10.8. The minimum Gasteiger partial charge on any atom is -0.497 e. The second-order valence-corrected chi connectivity index (χ2v) is 4.49. The van der Waals surface area contributed by atoms with E-state index < -0.39 is 0 Å². The predicted octanol–water partition coefficient (Wildman–Crippen LogP) is 3.20. The van der Waals surface area contributed by atoms with E-state index in [0.717, 1.165) is 28.7 Å². The van der Waals surface area contributed by atoms with E-state index in [1.165, 1.54) is 0 Å². The highest BCUT2D eigenvalue weighted by molar-refractivity contribution is 5.59. The van der Waals surface area contributed by atoms with Crippen LogP contribution in [-0.4, -0.2) is 34.5 Å². The van der Waals surface area contributed by atoms with Gasteiger partial charge in [0.15, 0.2) is 11.5 Å². The van der Waals surface area contributed by atoms with E-state index >= 15 is 0 Å². The fourth-order valence-corrected chi connectivity index (χ4v) is 2.04. The average molecular weight is 303 g/mol. The van der Waals surface area contributed by atoms with Crippen molar-refractivity contribution in [2.24, 2.45) is 0 Å². The number of ether oxygens (including phenoxy) is 4. The molecule has 0 saturated carbocycles. The lowest BCUT2D eigenvalue weighted by Crippen LogP contribution is -2.12. The van der Waals surface area contributed by atoms with Gasteiger partial charge in [0.2, 0.25) is 0 Å². The molecule has 2 aromatic carbocycles. The minimum atomic E-state index is 0.501. The van der Waals surface area contributed by atoms with Crippen LogP contribution in [0.5, 0.6) is 23.0 Å². The van der Waals surface area contributed by atoms with Crippen molar-refractivity contribution >= 4 is 5.69 Å². The summed E-state index contributed by atoms with van der Waals surface area (Å²) in [7, 11) is 4.90. The molecule has 2 rings (SSSR count). The molecule has 22 heavy (non-hydrogen) atoms. The molecule has 0 aliphatic carbocycles. The molecule has 1 N–H and O–H groups in total. The third-order valence-corrected chi connectivity index (χ3v) is 3.15. The Labute approximate surface area is 130 Å². The number of hydrogen-bond donors (Lipinski definition) is 1. The van der Waals surface area contributed by atoms with Gasteiger partial charge in [-0.15, -0.1) is 0 Å². The highest BCUT2D eigenvalue weighted by Crippen LogP contribution is 2.29. The third kappa shape index (κ3) is 3.97. The molecular weight excluding hydrogens is 282 g/mol. The molecule has 0 aliphatic rings. The van der Waals surface area contributed by atoms with Gasteiger partial charge in [0.05, 0.1) is 27.0 Å². The molecule has 0 fully saturated rings. The molecule has 0 aromatic heterocycles. The summed E-state index contributed by atoms with van der Waals surface area (Å²) >= 11 is 0. The van der Waals surface area contributed by atoms with Crippen molar-refractivity contribution in [2.45, 2.75) is 0 Å². The van der Waals surface area contributed by atoms with Gasteiger partial charge in [-0.3, -0.25) is 0 Å². The van der Waals surface area contributed by atoms with E-state index in [-0.39, 0.29) is 0 Å². The van der Waals surface area contributed by atoms with Crippen molar-refractivity contribution < 1.29 is 18.9 Å². The number of anilines is 1. The number of methoxy groups -OCH3 is 3. The summed E-state index contributed by atoms with van der Waals surface area (Å²) < 4.78 is 21.5. The van der Waals surface area contributed by atoms with Crippen molar-refractivity contribution in [1.82, 2.24) is 0 Å². The Morgan fingerprint density at radius 2 is 1.55 bits per heavy atom. The second-order valence-electron chi connectivity index (χ2n) is 4.49. The van der Waals surface area contributed by atoms with Crippen LogP contribution in [0.1, 0.15) is 0 Å². The van der Waals surface area contributed by atoms with Crippen molar-refractivity contribution in [3.63, 3.8) is 0 Å². The SMILES string of the molecule is COc1ccc(OC)c(NCCOc2ccccc2OC)c1. The molecule has 0 aliphatic heterocycles. The van der Waals surface area contributed by atoms with Crippen molar-refractivity contribution in [3.8, 4) is 23.0 Å². The molecule has 118 valence electrons. The third-order valence-electron chi connectivity index (χ3n) is 3.15. The van der Waals surface area contributed by atoms with Crippen LogP contribution in [0.4, 0.5) is 5.69 Å². The number of hydrogen-bond acceptors (Lipinski definition) is 5. The van der Waals surface area contributed by atoms with Gasteiger partial charge in [-0.2, -0.15) is 0 Å². The number of rotatable bonds is 8. The van der Waals surface area contributed by atoms with Crippen LogP contribution in [0.2, 0.25) is 0 Å². The maximum absolute atomic E-state index is 5.72. The summed E-state index contributed by atoms with van der Waals surface area (Å²) in [4.78, 5) is 0. The Hall–Kier alpha value is -2.56.